The number of ether oxygens (including phenoxy) is 1. The van der Waals surface area contributed by atoms with Gasteiger partial charge in [0.1, 0.15) is 5.75 Å². The van der Waals surface area contributed by atoms with Gasteiger partial charge in [0.25, 0.3) is 11.1 Å². The average molecular weight is 426 g/mol. The molecule has 0 aliphatic carbocycles. The fourth-order valence-electron chi connectivity index (χ4n) is 3.20. The third-order valence-corrected chi connectivity index (χ3v) is 5.53. The van der Waals surface area contributed by atoms with Gasteiger partial charge < -0.3 is 14.5 Å². The smallest absolute Gasteiger partial charge is 0.277 e. The van der Waals surface area contributed by atoms with Crippen molar-refractivity contribution in [3.8, 4) is 17.2 Å². The Hall–Kier alpha value is -2.80. The highest BCUT2D eigenvalue weighted by Gasteiger charge is 2.18. The first kappa shape index (κ1) is 21.9. The normalized spacial score (nSPS) is 11.2. The zero-order chi connectivity index (χ0) is 21.7. The van der Waals surface area contributed by atoms with E-state index in [-0.39, 0.29) is 11.7 Å². The van der Waals surface area contributed by atoms with Crippen LogP contribution in [0.4, 0.5) is 5.69 Å². The standard InChI is InChI=1S/C23H27N3O3S/c1-14(2)16-10-8-11-17(15(3)4)21(16)24-20(27)13-30-23-26-25-22(29-23)18-9-6-7-12-19(18)28-5/h6-12,14-15H,13H2,1-5H3,(H,24,27). The number of amides is 1. The summed E-state index contributed by atoms with van der Waals surface area (Å²) in [6.45, 7) is 8.51. The summed E-state index contributed by atoms with van der Waals surface area (Å²) in [5.41, 5.74) is 3.90. The van der Waals surface area contributed by atoms with Crippen molar-refractivity contribution in [3.05, 3.63) is 53.6 Å². The van der Waals surface area contributed by atoms with E-state index >= 15 is 0 Å². The molecule has 0 saturated carbocycles. The van der Waals surface area contributed by atoms with Crippen LogP contribution in [0.3, 0.4) is 0 Å². The number of para-hydroxylation sites is 2. The number of aromatic nitrogens is 2. The summed E-state index contributed by atoms with van der Waals surface area (Å²) >= 11 is 1.21. The Morgan fingerprint density at radius 3 is 2.33 bits per heavy atom. The molecule has 0 atom stereocenters. The van der Waals surface area contributed by atoms with Gasteiger partial charge in [0, 0.05) is 5.69 Å². The van der Waals surface area contributed by atoms with E-state index in [0.29, 0.717) is 28.7 Å². The molecule has 0 radical (unpaired) electrons. The Morgan fingerprint density at radius 1 is 1.03 bits per heavy atom. The van der Waals surface area contributed by atoms with Gasteiger partial charge in [-0.25, -0.2) is 0 Å². The number of anilines is 1. The lowest BCUT2D eigenvalue weighted by molar-refractivity contribution is -0.113. The first-order valence-corrected chi connectivity index (χ1v) is 10.9. The maximum absolute atomic E-state index is 12.7. The van der Waals surface area contributed by atoms with Crippen molar-refractivity contribution in [3.63, 3.8) is 0 Å². The summed E-state index contributed by atoms with van der Waals surface area (Å²) in [5.74, 6) is 1.71. The van der Waals surface area contributed by atoms with Crippen LogP contribution in [-0.2, 0) is 4.79 Å². The molecule has 3 rings (SSSR count). The highest BCUT2D eigenvalue weighted by Crippen LogP contribution is 2.33. The molecule has 3 aromatic rings. The number of nitrogens with one attached hydrogen (secondary N) is 1. The van der Waals surface area contributed by atoms with Crippen molar-refractivity contribution < 1.29 is 13.9 Å². The maximum atomic E-state index is 12.7. The molecular formula is C23H27N3O3S. The van der Waals surface area contributed by atoms with Crippen molar-refractivity contribution in [1.29, 1.82) is 0 Å². The lowest BCUT2D eigenvalue weighted by atomic mass is 9.92. The molecule has 0 saturated heterocycles. The van der Waals surface area contributed by atoms with Crippen molar-refractivity contribution in [2.75, 3.05) is 18.2 Å². The minimum absolute atomic E-state index is 0.105. The minimum Gasteiger partial charge on any atom is -0.496 e. The number of hydrogen-bond acceptors (Lipinski definition) is 6. The van der Waals surface area contributed by atoms with Crippen LogP contribution in [-0.4, -0.2) is 29.0 Å². The van der Waals surface area contributed by atoms with Crippen molar-refractivity contribution in [2.24, 2.45) is 0 Å². The minimum atomic E-state index is -0.105. The Bertz CT molecular complexity index is 988. The molecule has 6 nitrogen and oxygen atoms in total. The van der Waals surface area contributed by atoms with Crippen LogP contribution in [0, 0.1) is 0 Å². The molecule has 1 amide bonds. The molecule has 1 heterocycles. The third-order valence-electron chi connectivity index (χ3n) is 4.71. The van der Waals surface area contributed by atoms with E-state index in [1.807, 2.05) is 30.3 Å². The molecule has 30 heavy (non-hydrogen) atoms. The lowest BCUT2D eigenvalue weighted by Gasteiger charge is -2.20. The molecule has 2 aromatic carbocycles. The van der Waals surface area contributed by atoms with E-state index < -0.39 is 0 Å². The van der Waals surface area contributed by atoms with E-state index in [9.17, 15) is 4.79 Å². The Balaban J connectivity index is 1.70. The van der Waals surface area contributed by atoms with Gasteiger partial charge in [-0.1, -0.05) is 69.8 Å². The molecule has 1 N–H and O–H groups in total. The third kappa shape index (κ3) is 5.02. The van der Waals surface area contributed by atoms with Gasteiger partial charge in [-0.3, -0.25) is 4.79 Å². The molecule has 158 valence electrons. The predicted octanol–water partition coefficient (Wildman–Crippen LogP) is 5.72. The fraction of sp³-hybridized carbons (Fsp3) is 0.348. The topological polar surface area (TPSA) is 77.2 Å². The van der Waals surface area contributed by atoms with Gasteiger partial charge in [-0.05, 0) is 35.1 Å². The Labute approximate surface area is 181 Å². The molecule has 0 spiro atoms. The Kier molecular flexibility index (Phi) is 7.15. The van der Waals surface area contributed by atoms with E-state index in [4.69, 9.17) is 9.15 Å². The Morgan fingerprint density at radius 2 is 1.70 bits per heavy atom. The number of carbonyl (C=O) groups excluding carboxylic acids is 1. The maximum Gasteiger partial charge on any atom is 0.277 e. The summed E-state index contributed by atoms with van der Waals surface area (Å²) in [5, 5.41) is 11.6. The van der Waals surface area contributed by atoms with Crippen LogP contribution in [0.1, 0.15) is 50.7 Å². The van der Waals surface area contributed by atoms with Gasteiger partial charge in [0.15, 0.2) is 0 Å². The summed E-state index contributed by atoms with van der Waals surface area (Å²) in [4.78, 5) is 12.7. The molecule has 7 heteroatoms. The largest absolute Gasteiger partial charge is 0.496 e. The van der Waals surface area contributed by atoms with E-state index in [0.717, 1.165) is 22.4 Å². The summed E-state index contributed by atoms with van der Waals surface area (Å²) < 4.78 is 11.1. The summed E-state index contributed by atoms with van der Waals surface area (Å²) in [7, 11) is 1.59. The number of methoxy groups -OCH3 is 1. The monoisotopic (exact) mass is 425 g/mol. The number of hydrogen-bond donors (Lipinski definition) is 1. The van der Waals surface area contributed by atoms with Gasteiger partial charge in [-0.2, -0.15) is 0 Å². The van der Waals surface area contributed by atoms with E-state index in [2.05, 4.69) is 55.3 Å². The molecule has 0 aliphatic heterocycles. The van der Waals surface area contributed by atoms with E-state index in [1.165, 1.54) is 11.8 Å². The second kappa shape index (κ2) is 9.80. The van der Waals surface area contributed by atoms with Gasteiger partial charge in [0.2, 0.25) is 5.91 Å². The van der Waals surface area contributed by atoms with Gasteiger partial charge in [0.05, 0.1) is 18.4 Å². The first-order valence-electron chi connectivity index (χ1n) is 9.93. The van der Waals surface area contributed by atoms with Crippen LogP contribution in [0.25, 0.3) is 11.5 Å². The first-order chi connectivity index (χ1) is 14.4. The predicted molar refractivity (Wildman–Crippen MR) is 120 cm³/mol. The molecule has 0 fully saturated rings. The zero-order valence-electron chi connectivity index (χ0n) is 17.9. The lowest BCUT2D eigenvalue weighted by Crippen LogP contribution is -2.17. The van der Waals surface area contributed by atoms with Gasteiger partial charge >= 0.3 is 0 Å². The summed E-state index contributed by atoms with van der Waals surface area (Å²) in [6.07, 6.45) is 0. The highest BCUT2D eigenvalue weighted by molar-refractivity contribution is 7.99. The van der Waals surface area contributed by atoms with Crippen molar-refractivity contribution >= 4 is 23.4 Å². The van der Waals surface area contributed by atoms with Crippen LogP contribution in [0.5, 0.6) is 5.75 Å². The SMILES string of the molecule is COc1ccccc1-c1nnc(SCC(=O)Nc2c(C(C)C)cccc2C(C)C)o1. The van der Waals surface area contributed by atoms with Crippen LogP contribution in [0.2, 0.25) is 0 Å². The number of rotatable bonds is 8. The number of benzene rings is 2. The molecule has 1 aromatic heterocycles. The van der Waals surface area contributed by atoms with Crippen molar-refractivity contribution in [1.82, 2.24) is 10.2 Å². The quantitative estimate of drug-likeness (QED) is 0.465. The molecule has 0 bridgehead atoms. The second-order valence-corrected chi connectivity index (χ2v) is 8.46. The fourth-order valence-corrected chi connectivity index (χ4v) is 3.76. The van der Waals surface area contributed by atoms with E-state index in [1.54, 1.807) is 7.11 Å². The summed E-state index contributed by atoms with van der Waals surface area (Å²) in [6, 6.07) is 13.6. The van der Waals surface area contributed by atoms with Crippen molar-refractivity contribution in [2.45, 2.75) is 44.8 Å². The molecule has 0 unspecified atom stereocenters. The molecular weight excluding hydrogens is 398 g/mol. The average Bonchev–Trinajstić information content (AvgIpc) is 3.21. The number of carbonyl (C=O) groups is 1. The zero-order valence-corrected chi connectivity index (χ0v) is 18.7. The van der Waals surface area contributed by atoms with Crippen LogP contribution in [0.15, 0.2) is 52.1 Å². The number of nitrogens with zero attached hydrogens (tertiary/aromatic N) is 2. The van der Waals surface area contributed by atoms with Crippen LogP contribution < -0.4 is 10.1 Å². The molecule has 0 aliphatic rings. The van der Waals surface area contributed by atoms with Gasteiger partial charge in [-0.15, -0.1) is 10.2 Å². The number of thioether (sulfide) groups is 1. The van der Waals surface area contributed by atoms with Crippen LogP contribution >= 0.6 is 11.8 Å². The highest BCUT2D eigenvalue weighted by atomic mass is 32.2. The second-order valence-electron chi connectivity index (χ2n) is 7.53.